The van der Waals surface area contributed by atoms with Gasteiger partial charge in [0, 0.05) is 29.8 Å². The molecule has 6 nitrogen and oxygen atoms in total. The topological polar surface area (TPSA) is 51.8 Å². The molecular weight excluding hydrogens is 487 g/mol. The quantitative estimate of drug-likeness (QED) is 0.309. The van der Waals surface area contributed by atoms with Gasteiger partial charge in [0.1, 0.15) is 11.4 Å². The van der Waals surface area contributed by atoms with Crippen molar-refractivity contribution in [2.75, 3.05) is 6.54 Å². The molecule has 1 atom stereocenters. The Bertz CT molecular complexity index is 1380. The van der Waals surface area contributed by atoms with E-state index in [0.717, 1.165) is 39.7 Å². The predicted octanol–water partition coefficient (Wildman–Crippen LogP) is 6.47. The van der Waals surface area contributed by atoms with Crippen LogP contribution in [0, 0.1) is 5.82 Å². The number of amides is 1. The standard InChI is InChI=1S/C25H26BrFN4O2/c1-25(2,3)33-24(32)30-11-5-6-20(30)15-7-9-17(18(27)12-15)19-14-31-21-10-8-16(26)13-22(21)29(4)23(31)28-19/h7-10,12-14,20H,5-6,11H2,1-4H3/t20-/m0/s1. The third-order valence-corrected chi connectivity index (χ3v) is 6.57. The highest BCUT2D eigenvalue weighted by atomic mass is 79.9. The number of imidazole rings is 2. The van der Waals surface area contributed by atoms with Crippen molar-refractivity contribution in [3.63, 3.8) is 0 Å². The SMILES string of the molecule is Cn1c2cc(Br)ccc2n2cc(-c3ccc([C@@H]4CCCN4C(=O)OC(C)(C)C)cc3F)nc12. The van der Waals surface area contributed by atoms with Gasteiger partial charge in [0.15, 0.2) is 0 Å². The van der Waals surface area contributed by atoms with Gasteiger partial charge < -0.3 is 14.2 Å². The number of ether oxygens (including phenoxy) is 1. The van der Waals surface area contributed by atoms with Gasteiger partial charge in [0.05, 0.1) is 22.8 Å². The second kappa shape index (κ2) is 7.87. The van der Waals surface area contributed by atoms with Gasteiger partial charge in [-0.05, 0) is 69.5 Å². The maximum absolute atomic E-state index is 15.3. The molecule has 1 aliphatic rings. The van der Waals surface area contributed by atoms with E-state index in [9.17, 15) is 4.79 Å². The zero-order valence-corrected chi connectivity index (χ0v) is 20.7. The molecule has 4 aromatic rings. The molecule has 3 heterocycles. The van der Waals surface area contributed by atoms with Crippen LogP contribution in [0.4, 0.5) is 9.18 Å². The largest absolute Gasteiger partial charge is 0.444 e. The number of fused-ring (bicyclic) bond motifs is 3. The third kappa shape index (κ3) is 3.90. The summed E-state index contributed by atoms with van der Waals surface area (Å²) in [7, 11) is 1.95. The van der Waals surface area contributed by atoms with Crippen molar-refractivity contribution < 1.29 is 13.9 Å². The first-order valence-corrected chi connectivity index (χ1v) is 11.8. The number of hydrogen-bond donors (Lipinski definition) is 0. The summed E-state index contributed by atoms with van der Waals surface area (Å²) in [4.78, 5) is 19.1. The van der Waals surface area contributed by atoms with Gasteiger partial charge in [-0.3, -0.25) is 4.40 Å². The van der Waals surface area contributed by atoms with Gasteiger partial charge in [-0.1, -0.05) is 22.0 Å². The van der Waals surface area contributed by atoms with Gasteiger partial charge in [0.25, 0.3) is 0 Å². The number of rotatable bonds is 2. The lowest BCUT2D eigenvalue weighted by molar-refractivity contribution is 0.0224. The van der Waals surface area contributed by atoms with Crippen LogP contribution in [0.1, 0.15) is 45.2 Å². The minimum absolute atomic E-state index is 0.188. The molecule has 8 heteroatoms. The molecular formula is C25H26BrFN4O2. The fourth-order valence-electron chi connectivity index (χ4n) is 4.59. The van der Waals surface area contributed by atoms with E-state index in [4.69, 9.17) is 9.72 Å². The van der Waals surface area contributed by atoms with Crippen molar-refractivity contribution in [1.29, 1.82) is 0 Å². The van der Waals surface area contributed by atoms with Crippen molar-refractivity contribution >= 4 is 38.8 Å². The van der Waals surface area contributed by atoms with Crippen molar-refractivity contribution in [2.24, 2.45) is 7.05 Å². The number of hydrogen-bond acceptors (Lipinski definition) is 3. The Hall–Kier alpha value is -2.87. The Morgan fingerprint density at radius 1 is 1.18 bits per heavy atom. The summed E-state index contributed by atoms with van der Waals surface area (Å²) in [5, 5.41) is 0. The molecule has 0 unspecified atom stereocenters. The summed E-state index contributed by atoms with van der Waals surface area (Å²) in [6.45, 7) is 6.16. The van der Waals surface area contributed by atoms with E-state index in [1.807, 2.05) is 67.2 Å². The minimum atomic E-state index is -0.567. The van der Waals surface area contributed by atoms with Crippen LogP contribution in [-0.2, 0) is 11.8 Å². The second-order valence-electron chi connectivity index (χ2n) is 9.56. The predicted molar refractivity (Wildman–Crippen MR) is 130 cm³/mol. The van der Waals surface area contributed by atoms with Crippen LogP contribution in [-0.4, -0.2) is 37.1 Å². The van der Waals surface area contributed by atoms with Crippen LogP contribution in [0.3, 0.4) is 0 Å². The Kier molecular flexibility index (Phi) is 5.23. The molecule has 0 saturated carbocycles. The van der Waals surface area contributed by atoms with Gasteiger partial charge in [0.2, 0.25) is 5.78 Å². The molecule has 0 aliphatic carbocycles. The van der Waals surface area contributed by atoms with Gasteiger partial charge in [-0.15, -0.1) is 0 Å². The Balaban J connectivity index is 1.47. The van der Waals surface area contributed by atoms with Crippen LogP contribution in [0.2, 0.25) is 0 Å². The fraction of sp³-hybridized carbons (Fsp3) is 0.360. The van der Waals surface area contributed by atoms with E-state index >= 15 is 4.39 Å². The average molecular weight is 513 g/mol. The zero-order valence-electron chi connectivity index (χ0n) is 19.1. The maximum atomic E-state index is 15.3. The van der Waals surface area contributed by atoms with Crippen LogP contribution >= 0.6 is 15.9 Å². The van der Waals surface area contributed by atoms with Crippen molar-refractivity contribution in [2.45, 2.75) is 45.3 Å². The molecule has 172 valence electrons. The van der Waals surface area contributed by atoms with E-state index in [2.05, 4.69) is 15.9 Å². The molecule has 0 bridgehead atoms. The molecule has 5 rings (SSSR count). The summed E-state index contributed by atoms with van der Waals surface area (Å²) in [6, 6.07) is 11.0. The molecule has 0 spiro atoms. The lowest BCUT2D eigenvalue weighted by atomic mass is 10.0. The third-order valence-electron chi connectivity index (χ3n) is 6.08. The molecule has 33 heavy (non-hydrogen) atoms. The summed E-state index contributed by atoms with van der Waals surface area (Å²) < 4.78 is 25.8. The number of carbonyl (C=O) groups is 1. The van der Waals surface area contributed by atoms with E-state index in [-0.39, 0.29) is 18.0 Å². The minimum Gasteiger partial charge on any atom is -0.444 e. The summed E-state index contributed by atoms with van der Waals surface area (Å²) in [5.41, 5.74) is 3.27. The van der Waals surface area contributed by atoms with Crippen molar-refractivity contribution in [3.05, 3.63) is 58.4 Å². The highest BCUT2D eigenvalue weighted by Crippen LogP contribution is 2.35. The first kappa shape index (κ1) is 21.9. The van der Waals surface area contributed by atoms with Crippen LogP contribution < -0.4 is 0 Å². The Labute approximate surface area is 200 Å². The normalized spacial score (nSPS) is 16.8. The van der Waals surface area contributed by atoms with E-state index < -0.39 is 5.60 Å². The van der Waals surface area contributed by atoms with E-state index in [1.165, 1.54) is 6.07 Å². The molecule has 1 saturated heterocycles. The van der Waals surface area contributed by atoms with Crippen LogP contribution in [0.15, 0.2) is 47.1 Å². The Morgan fingerprint density at radius 2 is 1.97 bits per heavy atom. The molecule has 2 aromatic carbocycles. The van der Waals surface area contributed by atoms with Crippen molar-refractivity contribution in [1.82, 2.24) is 18.9 Å². The smallest absolute Gasteiger partial charge is 0.410 e. The Morgan fingerprint density at radius 3 is 2.70 bits per heavy atom. The first-order chi connectivity index (χ1) is 15.6. The first-order valence-electron chi connectivity index (χ1n) is 11.0. The van der Waals surface area contributed by atoms with Gasteiger partial charge in [-0.2, -0.15) is 0 Å². The molecule has 0 radical (unpaired) electrons. The molecule has 0 N–H and O–H groups in total. The maximum Gasteiger partial charge on any atom is 0.410 e. The average Bonchev–Trinajstić information content (AvgIpc) is 3.44. The van der Waals surface area contributed by atoms with Gasteiger partial charge in [-0.25, -0.2) is 14.2 Å². The molecule has 1 amide bonds. The van der Waals surface area contributed by atoms with E-state index in [1.54, 1.807) is 11.0 Å². The number of aryl methyl sites for hydroxylation is 1. The summed E-state index contributed by atoms with van der Waals surface area (Å²) in [5.74, 6) is 0.396. The van der Waals surface area contributed by atoms with Crippen molar-refractivity contribution in [3.8, 4) is 11.3 Å². The number of halogens is 2. The number of nitrogens with zero attached hydrogens (tertiary/aromatic N) is 4. The fourth-order valence-corrected chi connectivity index (χ4v) is 4.94. The number of carbonyl (C=O) groups excluding carboxylic acids is 1. The van der Waals surface area contributed by atoms with Gasteiger partial charge >= 0.3 is 6.09 Å². The lowest BCUT2D eigenvalue weighted by Crippen LogP contribution is -2.36. The highest BCUT2D eigenvalue weighted by Gasteiger charge is 2.33. The molecule has 1 aliphatic heterocycles. The number of likely N-dealkylation sites (tertiary alicyclic amines) is 1. The van der Waals surface area contributed by atoms with E-state index in [0.29, 0.717) is 17.8 Å². The summed E-state index contributed by atoms with van der Waals surface area (Å²) >= 11 is 3.51. The lowest BCUT2D eigenvalue weighted by Gasteiger charge is -2.29. The van der Waals surface area contributed by atoms with Crippen LogP contribution in [0.25, 0.3) is 28.1 Å². The number of benzene rings is 2. The second-order valence-corrected chi connectivity index (χ2v) is 10.5. The van der Waals surface area contributed by atoms with Crippen LogP contribution in [0.5, 0.6) is 0 Å². The zero-order chi connectivity index (χ0) is 23.5. The highest BCUT2D eigenvalue weighted by molar-refractivity contribution is 9.10. The monoisotopic (exact) mass is 512 g/mol. The molecule has 2 aromatic heterocycles. The molecule has 1 fully saturated rings. The number of aromatic nitrogens is 3. The summed E-state index contributed by atoms with van der Waals surface area (Å²) in [6.07, 6.45) is 3.16.